The topological polar surface area (TPSA) is 33.1 Å². The molecule has 0 aliphatic carbocycles. The second-order valence-electron chi connectivity index (χ2n) is 4.26. The van der Waals surface area contributed by atoms with Crippen LogP contribution in [0, 0.1) is 6.92 Å². The Morgan fingerprint density at radius 2 is 2.27 bits per heavy atom. The Labute approximate surface area is 91.3 Å². The predicted octanol–water partition coefficient (Wildman–Crippen LogP) is 1.76. The number of aromatic nitrogens is 2. The molecule has 0 saturated carbocycles. The number of aryl methyl sites for hydroxylation is 2. The van der Waals surface area contributed by atoms with Gasteiger partial charge in [-0.1, -0.05) is 0 Å². The van der Waals surface area contributed by atoms with Crippen molar-refractivity contribution in [2.24, 2.45) is 7.05 Å². The SMILES string of the molecule is CCN1c2c(c(C)nn2C)NCCC1C. The molecule has 84 valence electrons. The Balaban J connectivity index is 2.50. The monoisotopic (exact) mass is 208 g/mol. The highest BCUT2D eigenvalue weighted by Crippen LogP contribution is 2.32. The maximum atomic E-state index is 4.48. The fourth-order valence-corrected chi connectivity index (χ4v) is 2.41. The van der Waals surface area contributed by atoms with Gasteiger partial charge in [0.2, 0.25) is 0 Å². The summed E-state index contributed by atoms with van der Waals surface area (Å²) >= 11 is 0. The average Bonchev–Trinajstić information content (AvgIpc) is 2.39. The molecule has 1 N–H and O–H groups in total. The first-order valence-corrected chi connectivity index (χ1v) is 5.69. The third-order valence-corrected chi connectivity index (χ3v) is 3.20. The van der Waals surface area contributed by atoms with Crippen LogP contribution in [0.15, 0.2) is 0 Å². The van der Waals surface area contributed by atoms with E-state index in [-0.39, 0.29) is 0 Å². The first-order valence-electron chi connectivity index (χ1n) is 5.69. The highest BCUT2D eigenvalue weighted by atomic mass is 15.4. The molecule has 2 heterocycles. The Kier molecular flexibility index (Phi) is 2.59. The lowest BCUT2D eigenvalue weighted by molar-refractivity contribution is 0.598. The minimum absolute atomic E-state index is 0.582. The zero-order valence-corrected chi connectivity index (χ0v) is 10.0. The standard InChI is InChI=1S/C11H20N4/c1-5-15-8(2)6-7-12-10-9(3)13-14(4)11(10)15/h8,12H,5-7H2,1-4H3. The number of hydrogen-bond acceptors (Lipinski definition) is 3. The highest BCUT2D eigenvalue weighted by molar-refractivity contribution is 5.70. The van der Waals surface area contributed by atoms with Crippen molar-refractivity contribution in [1.82, 2.24) is 9.78 Å². The van der Waals surface area contributed by atoms with E-state index in [1.54, 1.807) is 0 Å². The summed E-state index contributed by atoms with van der Waals surface area (Å²) in [5.41, 5.74) is 2.31. The number of rotatable bonds is 1. The molecule has 4 nitrogen and oxygen atoms in total. The first-order chi connectivity index (χ1) is 7.15. The van der Waals surface area contributed by atoms with E-state index in [0.29, 0.717) is 6.04 Å². The molecule has 0 amide bonds. The van der Waals surface area contributed by atoms with Gasteiger partial charge in [-0.2, -0.15) is 5.10 Å². The summed E-state index contributed by atoms with van der Waals surface area (Å²) in [6.45, 7) is 8.62. The van der Waals surface area contributed by atoms with Crippen LogP contribution < -0.4 is 10.2 Å². The van der Waals surface area contributed by atoms with Crippen molar-refractivity contribution < 1.29 is 0 Å². The third kappa shape index (κ3) is 1.58. The Morgan fingerprint density at radius 1 is 1.53 bits per heavy atom. The molecule has 1 aromatic rings. The lowest BCUT2D eigenvalue weighted by Crippen LogP contribution is -2.33. The van der Waals surface area contributed by atoms with Crippen molar-refractivity contribution in [1.29, 1.82) is 0 Å². The number of anilines is 2. The predicted molar refractivity (Wildman–Crippen MR) is 63.5 cm³/mol. The summed E-state index contributed by atoms with van der Waals surface area (Å²) in [6, 6.07) is 0.582. The number of nitrogens with zero attached hydrogens (tertiary/aromatic N) is 3. The minimum atomic E-state index is 0.582. The highest BCUT2D eigenvalue weighted by Gasteiger charge is 2.24. The fraction of sp³-hybridized carbons (Fsp3) is 0.727. The smallest absolute Gasteiger partial charge is 0.150 e. The van der Waals surface area contributed by atoms with E-state index >= 15 is 0 Å². The van der Waals surface area contributed by atoms with E-state index in [9.17, 15) is 0 Å². The van der Waals surface area contributed by atoms with Crippen LogP contribution in [0.5, 0.6) is 0 Å². The van der Waals surface area contributed by atoms with Gasteiger partial charge in [0.15, 0.2) is 5.82 Å². The van der Waals surface area contributed by atoms with Crippen LogP contribution in [0.25, 0.3) is 0 Å². The Morgan fingerprint density at radius 3 is 2.93 bits per heavy atom. The van der Waals surface area contributed by atoms with Crippen molar-refractivity contribution in [2.75, 3.05) is 23.3 Å². The van der Waals surface area contributed by atoms with E-state index < -0.39 is 0 Å². The van der Waals surface area contributed by atoms with Crippen molar-refractivity contribution in [3.63, 3.8) is 0 Å². The Hall–Kier alpha value is -1.19. The van der Waals surface area contributed by atoms with Gasteiger partial charge in [0.1, 0.15) is 5.69 Å². The molecule has 1 atom stereocenters. The van der Waals surface area contributed by atoms with E-state index in [4.69, 9.17) is 0 Å². The van der Waals surface area contributed by atoms with Crippen LogP contribution in [0.4, 0.5) is 11.5 Å². The summed E-state index contributed by atoms with van der Waals surface area (Å²) < 4.78 is 1.99. The van der Waals surface area contributed by atoms with Crippen LogP contribution in [0.1, 0.15) is 26.0 Å². The zero-order valence-electron chi connectivity index (χ0n) is 10.0. The molecule has 1 aliphatic rings. The molecule has 0 aromatic carbocycles. The lowest BCUT2D eigenvalue weighted by atomic mass is 10.2. The van der Waals surface area contributed by atoms with Crippen molar-refractivity contribution in [3.8, 4) is 0 Å². The Bertz CT molecular complexity index is 356. The molecule has 15 heavy (non-hydrogen) atoms. The van der Waals surface area contributed by atoms with Crippen LogP contribution >= 0.6 is 0 Å². The molecule has 4 heteroatoms. The van der Waals surface area contributed by atoms with Gasteiger partial charge < -0.3 is 10.2 Å². The summed E-state index contributed by atoms with van der Waals surface area (Å²) in [5.74, 6) is 1.24. The van der Waals surface area contributed by atoms with Crippen molar-refractivity contribution in [2.45, 2.75) is 33.2 Å². The van der Waals surface area contributed by atoms with E-state index in [2.05, 4.69) is 36.1 Å². The maximum Gasteiger partial charge on any atom is 0.150 e. The molecule has 0 fully saturated rings. The number of nitrogens with one attached hydrogen (secondary N) is 1. The molecule has 1 unspecified atom stereocenters. The molecule has 0 bridgehead atoms. The van der Waals surface area contributed by atoms with Gasteiger partial charge in [-0.15, -0.1) is 0 Å². The van der Waals surface area contributed by atoms with Crippen LogP contribution in [0.3, 0.4) is 0 Å². The largest absolute Gasteiger partial charge is 0.380 e. The fourth-order valence-electron chi connectivity index (χ4n) is 2.41. The molecule has 0 spiro atoms. The summed E-state index contributed by atoms with van der Waals surface area (Å²) in [4.78, 5) is 2.43. The van der Waals surface area contributed by atoms with Gasteiger partial charge in [-0.05, 0) is 27.2 Å². The zero-order chi connectivity index (χ0) is 11.0. The molecule has 2 rings (SSSR count). The second kappa shape index (κ2) is 3.76. The van der Waals surface area contributed by atoms with Gasteiger partial charge in [-0.25, -0.2) is 0 Å². The first kappa shape index (κ1) is 10.3. The van der Waals surface area contributed by atoms with Crippen LogP contribution in [-0.4, -0.2) is 28.9 Å². The van der Waals surface area contributed by atoms with E-state index in [1.165, 1.54) is 17.9 Å². The summed E-state index contributed by atoms with van der Waals surface area (Å²) in [5, 5.41) is 7.96. The second-order valence-corrected chi connectivity index (χ2v) is 4.26. The normalized spacial score (nSPS) is 20.8. The van der Waals surface area contributed by atoms with Gasteiger partial charge in [0.05, 0.1) is 5.69 Å². The molecule has 1 aromatic heterocycles. The van der Waals surface area contributed by atoms with Crippen LogP contribution in [0.2, 0.25) is 0 Å². The average molecular weight is 208 g/mol. The minimum Gasteiger partial charge on any atom is -0.380 e. The summed E-state index contributed by atoms with van der Waals surface area (Å²) in [7, 11) is 2.02. The lowest BCUT2D eigenvalue weighted by Gasteiger charge is -2.28. The van der Waals surface area contributed by atoms with Crippen molar-refractivity contribution in [3.05, 3.63) is 5.69 Å². The molecule has 1 aliphatic heterocycles. The molecular formula is C11H20N4. The molecule has 0 saturated heterocycles. The van der Waals surface area contributed by atoms with E-state index in [0.717, 1.165) is 18.8 Å². The summed E-state index contributed by atoms with van der Waals surface area (Å²) in [6.07, 6.45) is 1.18. The third-order valence-electron chi connectivity index (χ3n) is 3.20. The number of hydrogen-bond donors (Lipinski definition) is 1. The van der Waals surface area contributed by atoms with Gasteiger partial charge >= 0.3 is 0 Å². The molecular weight excluding hydrogens is 188 g/mol. The van der Waals surface area contributed by atoms with E-state index in [1.807, 2.05) is 11.7 Å². The van der Waals surface area contributed by atoms with Gasteiger partial charge in [0, 0.05) is 26.2 Å². The molecule has 0 radical (unpaired) electrons. The number of fused-ring (bicyclic) bond motifs is 1. The maximum absolute atomic E-state index is 4.48. The van der Waals surface area contributed by atoms with Gasteiger partial charge in [-0.3, -0.25) is 4.68 Å². The van der Waals surface area contributed by atoms with Gasteiger partial charge in [0.25, 0.3) is 0 Å². The van der Waals surface area contributed by atoms with Crippen molar-refractivity contribution >= 4 is 11.5 Å². The van der Waals surface area contributed by atoms with Crippen LogP contribution in [-0.2, 0) is 7.05 Å². The quantitative estimate of drug-likeness (QED) is 0.763.